The Balaban J connectivity index is 2.18. The van der Waals surface area contributed by atoms with E-state index in [2.05, 4.69) is 13.2 Å². The Morgan fingerprint density at radius 1 is 1.12 bits per heavy atom. The van der Waals surface area contributed by atoms with Crippen LogP contribution in [0.15, 0.2) is 67.8 Å². The average molecular weight is 330 g/mol. The summed E-state index contributed by atoms with van der Waals surface area (Å²) in [5.41, 5.74) is 1.39. The van der Waals surface area contributed by atoms with Crippen LogP contribution >= 0.6 is 0 Å². The molecule has 0 heterocycles. The van der Waals surface area contributed by atoms with E-state index in [0.29, 0.717) is 11.3 Å². The van der Waals surface area contributed by atoms with E-state index in [0.717, 1.165) is 11.6 Å². The first-order valence-electron chi connectivity index (χ1n) is 7.27. The molecule has 2 atom stereocenters. The van der Waals surface area contributed by atoms with Crippen molar-refractivity contribution >= 4 is 0 Å². The van der Waals surface area contributed by atoms with Gasteiger partial charge in [0.15, 0.2) is 11.6 Å². The minimum atomic E-state index is -1.46. The zero-order valence-electron chi connectivity index (χ0n) is 13.3. The number of hydrogen-bond acceptors (Lipinski definition) is 4. The predicted molar refractivity (Wildman–Crippen MR) is 90.1 cm³/mol. The molecule has 0 spiro atoms. The largest absolute Gasteiger partial charge is 0.459 e. The summed E-state index contributed by atoms with van der Waals surface area (Å²) in [5.74, 6) is -1.66. The van der Waals surface area contributed by atoms with Crippen LogP contribution in [0.1, 0.15) is 6.92 Å². The maximum atomic E-state index is 14.0. The molecule has 0 aliphatic rings. The minimum Gasteiger partial charge on any atom is -0.459 e. The van der Waals surface area contributed by atoms with Gasteiger partial charge in [0.05, 0.1) is 0 Å². The molecule has 0 aliphatic heterocycles. The van der Waals surface area contributed by atoms with E-state index < -0.39 is 17.9 Å². The molecule has 2 rings (SSSR count). The van der Waals surface area contributed by atoms with E-state index in [-0.39, 0.29) is 5.75 Å². The number of rotatable bonds is 7. The molecule has 2 N–H and O–H groups in total. The van der Waals surface area contributed by atoms with E-state index in [1.165, 1.54) is 25.1 Å². The Kier molecular flexibility index (Phi) is 5.39. The second-order valence-electron chi connectivity index (χ2n) is 5.27. The third-order valence-electron chi connectivity index (χ3n) is 3.27. The standard InChI is InChI=1S/C19H19FO4/c1-4-18(21)23-17-11-8-14(12-16(17)20)13-6-9-15(10-7-13)24-19(3,22)5-2/h4-12,18,21-22H,1-2H2,3H3/t18-,19+/m1/s1. The van der Waals surface area contributed by atoms with Crippen LogP contribution in [0.4, 0.5) is 4.39 Å². The summed E-state index contributed by atoms with van der Waals surface area (Å²) in [5, 5.41) is 19.1. The molecule has 0 fully saturated rings. The number of ether oxygens (including phenoxy) is 2. The van der Waals surface area contributed by atoms with Crippen LogP contribution in [0.25, 0.3) is 11.1 Å². The molecule has 24 heavy (non-hydrogen) atoms. The lowest BCUT2D eigenvalue weighted by Gasteiger charge is -2.20. The van der Waals surface area contributed by atoms with Gasteiger partial charge in [-0.1, -0.05) is 31.4 Å². The highest BCUT2D eigenvalue weighted by atomic mass is 19.1. The van der Waals surface area contributed by atoms with E-state index in [9.17, 15) is 14.6 Å². The summed E-state index contributed by atoms with van der Waals surface area (Å²) in [6.45, 7) is 8.32. The summed E-state index contributed by atoms with van der Waals surface area (Å²) in [7, 11) is 0. The topological polar surface area (TPSA) is 58.9 Å². The molecule has 0 aromatic heterocycles. The molecule has 5 heteroatoms. The van der Waals surface area contributed by atoms with Gasteiger partial charge in [-0.3, -0.25) is 0 Å². The Morgan fingerprint density at radius 2 is 1.75 bits per heavy atom. The second-order valence-corrected chi connectivity index (χ2v) is 5.27. The van der Waals surface area contributed by atoms with Crippen molar-refractivity contribution in [3.8, 4) is 22.6 Å². The lowest BCUT2D eigenvalue weighted by atomic mass is 10.1. The highest BCUT2D eigenvalue weighted by molar-refractivity contribution is 5.65. The van der Waals surface area contributed by atoms with Gasteiger partial charge in [-0.15, -0.1) is 0 Å². The summed E-state index contributed by atoms with van der Waals surface area (Å²) in [6, 6.07) is 11.2. The van der Waals surface area contributed by atoms with Crippen LogP contribution < -0.4 is 9.47 Å². The van der Waals surface area contributed by atoms with E-state index >= 15 is 0 Å². The first-order valence-corrected chi connectivity index (χ1v) is 7.27. The predicted octanol–water partition coefficient (Wildman–Crippen LogP) is 3.65. The first-order chi connectivity index (χ1) is 11.3. The monoisotopic (exact) mass is 330 g/mol. The second kappa shape index (κ2) is 7.29. The van der Waals surface area contributed by atoms with Crippen LogP contribution in [-0.4, -0.2) is 22.3 Å². The molecule has 2 aromatic rings. The van der Waals surface area contributed by atoms with Crippen molar-refractivity contribution in [1.29, 1.82) is 0 Å². The summed E-state index contributed by atoms with van der Waals surface area (Å²) >= 11 is 0. The van der Waals surface area contributed by atoms with Gasteiger partial charge in [0.2, 0.25) is 12.1 Å². The third-order valence-corrected chi connectivity index (χ3v) is 3.27. The van der Waals surface area contributed by atoms with Crippen molar-refractivity contribution in [3.63, 3.8) is 0 Å². The number of aliphatic hydroxyl groups is 2. The Hall–Kier alpha value is -2.63. The Morgan fingerprint density at radius 3 is 2.29 bits per heavy atom. The van der Waals surface area contributed by atoms with Crippen LogP contribution in [-0.2, 0) is 0 Å². The van der Waals surface area contributed by atoms with Crippen molar-refractivity contribution in [2.45, 2.75) is 19.0 Å². The van der Waals surface area contributed by atoms with Crippen LogP contribution in [0.5, 0.6) is 11.5 Å². The van der Waals surface area contributed by atoms with E-state index in [1.54, 1.807) is 30.3 Å². The molecule has 0 radical (unpaired) electrons. The van der Waals surface area contributed by atoms with Crippen molar-refractivity contribution in [1.82, 2.24) is 0 Å². The lowest BCUT2D eigenvalue weighted by Crippen LogP contribution is -2.28. The van der Waals surface area contributed by atoms with Crippen molar-refractivity contribution in [3.05, 3.63) is 73.6 Å². The average Bonchev–Trinajstić information content (AvgIpc) is 2.57. The normalized spacial score (nSPS) is 14.3. The highest BCUT2D eigenvalue weighted by Crippen LogP contribution is 2.28. The third kappa shape index (κ3) is 4.44. The van der Waals surface area contributed by atoms with Gasteiger partial charge in [-0.05, 0) is 47.5 Å². The maximum absolute atomic E-state index is 14.0. The number of benzene rings is 2. The molecular formula is C19H19FO4. The molecule has 0 saturated heterocycles. The number of aliphatic hydroxyl groups excluding tert-OH is 1. The number of hydrogen-bond donors (Lipinski definition) is 2. The smallest absolute Gasteiger partial charge is 0.224 e. The molecule has 0 bridgehead atoms. The summed E-state index contributed by atoms with van der Waals surface area (Å²) in [4.78, 5) is 0. The highest BCUT2D eigenvalue weighted by Gasteiger charge is 2.17. The molecule has 0 amide bonds. The van der Waals surface area contributed by atoms with Gasteiger partial charge >= 0.3 is 0 Å². The van der Waals surface area contributed by atoms with Crippen LogP contribution in [0.3, 0.4) is 0 Å². The van der Waals surface area contributed by atoms with E-state index in [4.69, 9.17) is 9.47 Å². The lowest BCUT2D eigenvalue weighted by molar-refractivity contribution is -0.0771. The molecule has 0 unspecified atom stereocenters. The Labute approximate surface area is 140 Å². The summed E-state index contributed by atoms with van der Waals surface area (Å²) in [6.07, 6.45) is 1.18. The molecule has 0 aliphatic carbocycles. The van der Waals surface area contributed by atoms with Crippen LogP contribution in [0.2, 0.25) is 0 Å². The van der Waals surface area contributed by atoms with Gasteiger partial charge in [0, 0.05) is 6.92 Å². The van der Waals surface area contributed by atoms with Gasteiger partial charge in [-0.25, -0.2) is 4.39 Å². The first kappa shape index (κ1) is 17.7. The molecule has 0 saturated carbocycles. The quantitative estimate of drug-likeness (QED) is 0.601. The van der Waals surface area contributed by atoms with Crippen molar-refractivity contribution in [2.24, 2.45) is 0 Å². The van der Waals surface area contributed by atoms with Gasteiger partial charge in [0.1, 0.15) is 5.75 Å². The molecule has 2 aromatic carbocycles. The maximum Gasteiger partial charge on any atom is 0.224 e. The molecule has 4 nitrogen and oxygen atoms in total. The molecule has 126 valence electrons. The fraction of sp³-hybridized carbons (Fsp3) is 0.158. The molecular weight excluding hydrogens is 311 g/mol. The SMILES string of the molecule is C=C[C@H](O)Oc1ccc(-c2ccc(O[C@](C)(O)C=C)cc2)cc1F. The van der Waals surface area contributed by atoms with Crippen LogP contribution in [0, 0.1) is 5.82 Å². The van der Waals surface area contributed by atoms with Gasteiger partial charge in [-0.2, -0.15) is 0 Å². The van der Waals surface area contributed by atoms with Crippen molar-refractivity contribution in [2.75, 3.05) is 0 Å². The zero-order valence-corrected chi connectivity index (χ0v) is 13.3. The van der Waals surface area contributed by atoms with Crippen molar-refractivity contribution < 1.29 is 24.1 Å². The summed E-state index contributed by atoms with van der Waals surface area (Å²) < 4.78 is 24.4. The fourth-order valence-corrected chi connectivity index (χ4v) is 1.95. The van der Waals surface area contributed by atoms with Gasteiger partial charge in [0.25, 0.3) is 0 Å². The fourth-order valence-electron chi connectivity index (χ4n) is 1.95. The number of halogens is 1. The van der Waals surface area contributed by atoms with E-state index in [1.807, 2.05) is 0 Å². The Bertz CT molecular complexity index is 723. The van der Waals surface area contributed by atoms with Gasteiger partial charge < -0.3 is 19.7 Å². The zero-order chi connectivity index (χ0) is 17.7. The minimum absolute atomic E-state index is 0.0619.